The number of aromatic nitrogens is 3. The van der Waals surface area contributed by atoms with Crippen LogP contribution in [0.25, 0.3) is 90.2 Å². The highest BCUT2D eigenvalue weighted by molar-refractivity contribution is 6.10. The maximum atomic E-state index is 4.34. The van der Waals surface area contributed by atoms with E-state index < -0.39 is 0 Å². The van der Waals surface area contributed by atoms with E-state index in [0.717, 1.165) is 63.2 Å². The maximum absolute atomic E-state index is 4.34. The molecule has 4 nitrogen and oxygen atoms in total. The maximum Gasteiger partial charge on any atom is 0.0998 e. The van der Waals surface area contributed by atoms with Crippen molar-refractivity contribution in [3.63, 3.8) is 0 Å². The van der Waals surface area contributed by atoms with Crippen LogP contribution in [0.4, 0.5) is 5.69 Å². The third kappa shape index (κ3) is 5.16. The largest absolute Gasteiger partial charge is 0.310 e. The number of fused-ring (bicyclic) bond motifs is 10. The minimum atomic E-state index is 0.783. The molecule has 0 atom stereocenters. The fraction of sp³-hybridized carbons (Fsp3) is 0.0345. The van der Waals surface area contributed by atoms with Gasteiger partial charge in [0.1, 0.15) is 0 Å². The average Bonchev–Trinajstić information content (AvgIpc) is 4.17. The van der Waals surface area contributed by atoms with E-state index >= 15 is 0 Å². The molecule has 0 amide bonds. The quantitative estimate of drug-likeness (QED) is 0.154. The average molecular weight is 791 g/mol. The Morgan fingerprint density at radius 1 is 0.532 bits per heavy atom. The standard InChI is InChI=1S/C58H38N4/c1-38-13-10-11-32-59(52-19-6-2-14-45(38)52)44-36-51-49-17-5-9-22-55(49)62(58(51)37-44)42-29-26-40(34-42)33-39-24-27-41(28-25-39)60-54-21-8-4-16-48(54)50-35-43(30-31-57(50)60)61-53-20-7-3-15-46(53)47-18-12-23-56(47)61/h2-11,13-32,35-36H,1,12,33H2/b13-10-,32-11-. The summed E-state index contributed by atoms with van der Waals surface area (Å²) in [4.78, 5) is 2.22. The van der Waals surface area contributed by atoms with Gasteiger partial charge in [-0.15, -0.1) is 0 Å². The van der Waals surface area contributed by atoms with Crippen LogP contribution in [0.5, 0.6) is 0 Å². The lowest BCUT2D eigenvalue weighted by Gasteiger charge is -2.24. The van der Waals surface area contributed by atoms with E-state index in [2.05, 4.69) is 225 Å². The molecule has 0 unspecified atom stereocenters. The molecular formula is C58H38N4. The Morgan fingerprint density at radius 2 is 1.23 bits per heavy atom. The Kier molecular flexibility index (Phi) is 7.46. The monoisotopic (exact) mass is 790 g/mol. The van der Waals surface area contributed by atoms with E-state index in [4.69, 9.17) is 0 Å². The van der Waals surface area contributed by atoms with Crippen LogP contribution in [-0.2, 0) is 6.42 Å². The first-order valence-electron chi connectivity index (χ1n) is 21.3. The highest BCUT2D eigenvalue weighted by Crippen LogP contribution is 2.35. The molecular weight excluding hydrogens is 753 g/mol. The van der Waals surface area contributed by atoms with E-state index in [1.807, 2.05) is 6.08 Å². The summed E-state index contributed by atoms with van der Waals surface area (Å²) in [5, 5.41) is 9.87. The van der Waals surface area contributed by atoms with Crippen molar-refractivity contribution in [1.29, 1.82) is 0 Å². The topological polar surface area (TPSA) is 18.0 Å². The van der Waals surface area contributed by atoms with Gasteiger partial charge in [-0.1, -0.05) is 127 Å². The molecule has 4 heteroatoms. The minimum absolute atomic E-state index is 0.783. The molecule has 0 radical (unpaired) electrons. The van der Waals surface area contributed by atoms with Crippen LogP contribution >= 0.6 is 0 Å². The molecule has 0 saturated heterocycles. The summed E-state index contributed by atoms with van der Waals surface area (Å²) in [7, 11) is 0. The summed E-state index contributed by atoms with van der Waals surface area (Å²) in [6.07, 6.45) is 21.4. The first-order chi connectivity index (χ1) is 30.7. The second-order valence-electron chi connectivity index (χ2n) is 16.4. The Balaban J connectivity index is 0.867. The highest BCUT2D eigenvalue weighted by Gasteiger charge is 2.21. The summed E-state index contributed by atoms with van der Waals surface area (Å²) in [5.41, 5.74) is 22.3. The van der Waals surface area contributed by atoms with Crippen molar-refractivity contribution < 1.29 is 0 Å². The van der Waals surface area contributed by atoms with Gasteiger partial charge >= 0.3 is 0 Å². The van der Waals surface area contributed by atoms with E-state index in [9.17, 15) is 0 Å². The zero-order valence-electron chi connectivity index (χ0n) is 33.9. The number of rotatable bonds is 6. The van der Waals surface area contributed by atoms with E-state index in [0.29, 0.717) is 0 Å². The summed E-state index contributed by atoms with van der Waals surface area (Å²) < 4.78 is 7.15. The molecule has 13 rings (SSSR count). The molecule has 0 N–H and O–H groups in total. The molecule has 290 valence electrons. The fourth-order valence-corrected chi connectivity index (χ4v) is 10.1. The number of para-hydroxylation sites is 4. The molecule has 6 aromatic carbocycles. The summed E-state index contributed by atoms with van der Waals surface area (Å²) in [6.45, 7) is 4.34. The van der Waals surface area contributed by atoms with Gasteiger partial charge in [0.05, 0.1) is 49.8 Å². The van der Waals surface area contributed by atoms with Gasteiger partial charge in [0.25, 0.3) is 0 Å². The van der Waals surface area contributed by atoms with Crippen LogP contribution in [0.2, 0.25) is 0 Å². The fourth-order valence-electron chi connectivity index (χ4n) is 10.1. The molecule has 4 heterocycles. The summed E-state index contributed by atoms with van der Waals surface area (Å²) >= 11 is 0. The predicted molar refractivity (Wildman–Crippen MR) is 259 cm³/mol. The molecule has 3 aromatic heterocycles. The van der Waals surface area contributed by atoms with Crippen LogP contribution in [0, 0.1) is 0 Å². The number of allylic oxidation sites excluding steroid dienone is 8. The summed E-state index contributed by atoms with van der Waals surface area (Å²) in [5.74, 6) is 0. The van der Waals surface area contributed by atoms with Crippen LogP contribution in [0.15, 0.2) is 200 Å². The molecule has 1 aliphatic heterocycles. The zero-order chi connectivity index (χ0) is 40.9. The van der Waals surface area contributed by atoms with Gasteiger partial charge in [-0.3, -0.25) is 4.57 Å². The summed E-state index contributed by atoms with van der Waals surface area (Å²) in [6, 6.07) is 50.7. The molecule has 0 bridgehead atoms. The lowest BCUT2D eigenvalue weighted by molar-refractivity contribution is 1.07. The normalized spacial score (nSPS) is 15.9. The third-order valence-corrected chi connectivity index (χ3v) is 12.9. The first-order valence-corrected chi connectivity index (χ1v) is 21.3. The van der Waals surface area contributed by atoms with Crippen molar-refractivity contribution in [2.75, 3.05) is 4.90 Å². The Labute approximate surface area is 357 Å². The number of benzene rings is 6. The molecule has 4 aliphatic rings. The van der Waals surface area contributed by atoms with Crippen LogP contribution in [0.3, 0.4) is 0 Å². The number of hydrogen-bond acceptors (Lipinski definition) is 1. The van der Waals surface area contributed by atoms with Crippen molar-refractivity contribution in [3.05, 3.63) is 232 Å². The van der Waals surface area contributed by atoms with Crippen LogP contribution < -0.4 is 26.0 Å². The molecule has 0 saturated carbocycles. The van der Waals surface area contributed by atoms with E-state index in [-0.39, 0.29) is 0 Å². The number of hydrogen-bond donors (Lipinski definition) is 0. The van der Waals surface area contributed by atoms with Crippen molar-refractivity contribution in [2.45, 2.75) is 12.8 Å². The Morgan fingerprint density at radius 3 is 2.06 bits per heavy atom. The highest BCUT2D eigenvalue weighted by atomic mass is 15.1. The number of anilines is 1. The molecule has 9 aromatic rings. The second-order valence-corrected chi connectivity index (χ2v) is 16.4. The van der Waals surface area contributed by atoms with E-state index in [1.54, 1.807) is 0 Å². The molecule has 0 fully saturated rings. The van der Waals surface area contributed by atoms with Crippen molar-refractivity contribution in [1.82, 2.24) is 13.7 Å². The van der Waals surface area contributed by atoms with E-state index in [1.165, 1.54) is 65.1 Å². The molecule has 0 spiro atoms. The lowest BCUT2D eigenvalue weighted by Crippen LogP contribution is -2.25. The van der Waals surface area contributed by atoms with Gasteiger partial charge in [0.2, 0.25) is 0 Å². The molecule has 3 aliphatic carbocycles. The second kappa shape index (κ2) is 13.4. The van der Waals surface area contributed by atoms with Crippen molar-refractivity contribution >= 4 is 84.5 Å². The van der Waals surface area contributed by atoms with Crippen LogP contribution in [0.1, 0.15) is 17.5 Å². The van der Waals surface area contributed by atoms with Crippen molar-refractivity contribution in [3.8, 4) is 11.4 Å². The van der Waals surface area contributed by atoms with Gasteiger partial charge < -0.3 is 14.0 Å². The zero-order valence-corrected chi connectivity index (χ0v) is 33.9. The first kappa shape index (κ1) is 34.6. The van der Waals surface area contributed by atoms with Crippen molar-refractivity contribution in [2.24, 2.45) is 0 Å². The van der Waals surface area contributed by atoms with Gasteiger partial charge in [-0.25, -0.2) is 0 Å². The lowest BCUT2D eigenvalue weighted by atomic mass is 10.0. The van der Waals surface area contributed by atoms with Gasteiger partial charge in [0.15, 0.2) is 0 Å². The van der Waals surface area contributed by atoms with Gasteiger partial charge in [-0.05, 0) is 96.5 Å². The minimum Gasteiger partial charge on any atom is -0.310 e. The Bertz CT molecular complexity index is 3950. The predicted octanol–water partition coefficient (Wildman–Crippen LogP) is 10.5. The van der Waals surface area contributed by atoms with Gasteiger partial charge in [-0.2, -0.15) is 0 Å². The molecule has 62 heavy (non-hydrogen) atoms. The SMILES string of the molecule is C=C1/C=C\C=C/N(C2=C=c3c(c4ccccc4n3C3=C=C(Cc4ccc(-n5c6ccccc6c6cc(-n7c8c(c9ccccc97)=CCC=8)ccc65)cc4)C=C3)=C2)c2ccccc21. The smallest absolute Gasteiger partial charge is 0.0998 e. The van der Waals surface area contributed by atoms with Gasteiger partial charge in [0, 0.05) is 67.1 Å². The Hall–Kier alpha value is -8.26. The van der Waals surface area contributed by atoms with Crippen LogP contribution in [-0.4, -0.2) is 13.7 Å². The number of nitrogens with zero attached hydrogens (tertiary/aromatic N) is 4. The third-order valence-electron chi connectivity index (χ3n) is 12.9.